The van der Waals surface area contributed by atoms with Gasteiger partial charge in [0.25, 0.3) is 6.69 Å². The molecule has 0 N–H and O–H groups in total. The number of rotatable bonds is 1. The maximum Gasteiger partial charge on any atom is 0.255 e. The fourth-order valence-corrected chi connectivity index (χ4v) is 3.29. The molecule has 1 aliphatic rings. The topological polar surface area (TPSA) is 0 Å². The highest BCUT2D eigenvalue weighted by atomic mass is 35.7. The summed E-state index contributed by atoms with van der Waals surface area (Å²) in [5, 5.41) is 0. The largest absolute Gasteiger partial charge is 0.255 e. The van der Waals surface area contributed by atoms with E-state index >= 15 is 0 Å². The summed E-state index contributed by atoms with van der Waals surface area (Å²) in [7, 11) is 0. The van der Waals surface area contributed by atoms with Gasteiger partial charge in [0, 0.05) is 0 Å². The van der Waals surface area contributed by atoms with E-state index in [1.807, 2.05) is 6.55 Å². The lowest BCUT2D eigenvalue weighted by atomic mass is 10.4. The standard InChI is InChI=1S/C6H10Cl2Si/c1-9(7,8)6-4-2-3-5-6/h2,4,6H,3,5H2,1H3/t6-/m0/s1. The van der Waals surface area contributed by atoms with Gasteiger partial charge in [0.2, 0.25) is 0 Å². The molecule has 0 aliphatic heterocycles. The van der Waals surface area contributed by atoms with Crippen LogP contribution >= 0.6 is 22.2 Å². The van der Waals surface area contributed by atoms with Gasteiger partial charge in [-0.25, -0.2) is 0 Å². The predicted octanol–water partition coefficient (Wildman–Crippen LogP) is 3.26. The molecule has 3 heteroatoms. The molecule has 52 valence electrons. The van der Waals surface area contributed by atoms with Crippen LogP contribution < -0.4 is 0 Å². The Balaban J connectivity index is 2.53. The Morgan fingerprint density at radius 1 is 1.56 bits per heavy atom. The second kappa shape index (κ2) is 2.65. The first kappa shape index (κ1) is 7.64. The third kappa shape index (κ3) is 1.99. The van der Waals surface area contributed by atoms with Crippen molar-refractivity contribution >= 4 is 28.9 Å². The van der Waals surface area contributed by atoms with E-state index in [1.54, 1.807) is 0 Å². The quantitative estimate of drug-likeness (QED) is 0.331. The smallest absolute Gasteiger partial charge is 0.146 e. The van der Waals surface area contributed by atoms with E-state index in [4.69, 9.17) is 22.2 Å². The van der Waals surface area contributed by atoms with Crippen molar-refractivity contribution in [3.63, 3.8) is 0 Å². The maximum atomic E-state index is 5.99. The zero-order valence-electron chi connectivity index (χ0n) is 5.40. The summed E-state index contributed by atoms with van der Waals surface area (Å²) in [6, 6.07) is 0. The molecule has 0 spiro atoms. The average Bonchev–Trinajstić information content (AvgIpc) is 2.08. The average molecular weight is 181 g/mol. The van der Waals surface area contributed by atoms with E-state index < -0.39 is 6.69 Å². The molecule has 0 bridgehead atoms. The van der Waals surface area contributed by atoms with Crippen molar-refractivity contribution in [3.8, 4) is 0 Å². The summed E-state index contributed by atoms with van der Waals surface area (Å²) < 4.78 is 0. The first-order chi connectivity index (χ1) is 4.11. The van der Waals surface area contributed by atoms with Crippen LogP contribution in [0.3, 0.4) is 0 Å². The number of hydrogen-bond donors (Lipinski definition) is 0. The number of hydrogen-bond acceptors (Lipinski definition) is 0. The molecule has 0 fully saturated rings. The molecule has 1 atom stereocenters. The van der Waals surface area contributed by atoms with Crippen molar-refractivity contribution in [2.45, 2.75) is 24.9 Å². The molecule has 1 aliphatic carbocycles. The minimum atomic E-state index is -1.87. The normalized spacial score (nSPS) is 27.2. The van der Waals surface area contributed by atoms with E-state index in [2.05, 4.69) is 12.2 Å². The summed E-state index contributed by atoms with van der Waals surface area (Å²) in [4.78, 5) is 0. The van der Waals surface area contributed by atoms with E-state index in [9.17, 15) is 0 Å². The molecule has 0 unspecified atom stereocenters. The van der Waals surface area contributed by atoms with E-state index in [0.29, 0.717) is 5.54 Å². The first-order valence-electron chi connectivity index (χ1n) is 3.15. The zero-order valence-corrected chi connectivity index (χ0v) is 7.91. The fourth-order valence-electron chi connectivity index (χ4n) is 1.05. The molecule has 9 heavy (non-hydrogen) atoms. The highest BCUT2D eigenvalue weighted by Gasteiger charge is 2.32. The number of allylic oxidation sites excluding steroid dienone is 2. The minimum absolute atomic E-state index is 0.501. The molecule has 0 nitrogen and oxygen atoms in total. The van der Waals surface area contributed by atoms with E-state index in [1.165, 1.54) is 0 Å². The van der Waals surface area contributed by atoms with Crippen LogP contribution in [0.4, 0.5) is 0 Å². The lowest BCUT2D eigenvalue weighted by molar-refractivity contribution is 0.911. The molecule has 0 aromatic carbocycles. The van der Waals surface area contributed by atoms with Crippen molar-refractivity contribution in [2.24, 2.45) is 0 Å². The Hall–Kier alpha value is 0.537. The molecular weight excluding hydrogens is 171 g/mol. The van der Waals surface area contributed by atoms with Gasteiger partial charge in [0.15, 0.2) is 0 Å². The monoisotopic (exact) mass is 180 g/mol. The molecular formula is C6H10Cl2Si. The number of halogens is 2. The second-order valence-corrected chi connectivity index (χ2v) is 10.5. The molecule has 0 aromatic rings. The van der Waals surface area contributed by atoms with Crippen LogP contribution in [0.15, 0.2) is 12.2 Å². The van der Waals surface area contributed by atoms with Gasteiger partial charge in [-0.3, -0.25) is 0 Å². The Kier molecular flexibility index (Phi) is 2.25. The highest BCUT2D eigenvalue weighted by molar-refractivity contribution is 7.45. The molecule has 0 saturated carbocycles. The Morgan fingerprint density at radius 3 is 2.44 bits per heavy atom. The van der Waals surface area contributed by atoms with Crippen LogP contribution in [-0.4, -0.2) is 6.69 Å². The third-order valence-electron chi connectivity index (χ3n) is 1.66. The lowest BCUT2D eigenvalue weighted by Crippen LogP contribution is -2.18. The second-order valence-electron chi connectivity index (χ2n) is 2.57. The Morgan fingerprint density at radius 2 is 2.22 bits per heavy atom. The molecule has 0 radical (unpaired) electrons. The van der Waals surface area contributed by atoms with Gasteiger partial charge in [-0.15, -0.1) is 22.2 Å². The van der Waals surface area contributed by atoms with Gasteiger partial charge < -0.3 is 0 Å². The van der Waals surface area contributed by atoms with Gasteiger partial charge >= 0.3 is 0 Å². The van der Waals surface area contributed by atoms with Gasteiger partial charge in [0.05, 0.1) is 0 Å². The van der Waals surface area contributed by atoms with Crippen molar-refractivity contribution in [1.82, 2.24) is 0 Å². The van der Waals surface area contributed by atoms with Crippen molar-refractivity contribution in [2.75, 3.05) is 0 Å². The van der Waals surface area contributed by atoms with Gasteiger partial charge in [-0.05, 0) is 24.9 Å². The maximum absolute atomic E-state index is 5.99. The van der Waals surface area contributed by atoms with Gasteiger partial charge in [0.1, 0.15) is 0 Å². The summed E-state index contributed by atoms with van der Waals surface area (Å²) in [5.74, 6) is 0. The highest BCUT2D eigenvalue weighted by Crippen LogP contribution is 2.38. The van der Waals surface area contributed by atoms with Crippen LogP contribution in [0.2, 0.25) is 12.1 Å². The van der Waals surface area contributed by atoms with Crippen LogP contribution in [0.5, 0.6) is 0 Å². The molecule has 0 saturated heterocycles. The van der Waals surface area contributed by atoms with Crippen LogP contribution in [-0.2, 0) is 0 Å². The third-order valence-corrected chi connectivity index (χ3v) is 5.13. The summed E-state index contributed by atoms with van der Waals surface area (Å²) >= 11 is 12.0. The molecule has 0 heterocycles. The molecule has 1 rings (SSSR count). The predicted molar refractivity (Wildman–Crippen MR) is 45.4 cm³/mol. The van der Waals surface area contributed by atoms with E-state index in [-0.39, 0.29) is 0 Å². The lowest BCUT2D eigenvalue weighted by Gasteiger charge is -2.15. The van der Waals surface area contributed by atoms with Gasteiger partial charge in [-0.1, -0.05) is 12.2 Å². The summed E-state index contributed by atoms with van der Waals surface area (Å²) in [5.41, 5.74) is 0.501. The first-order valence-corrected chi connectivity index (χ1v) is 7.75. The van der Waals surface area contributed by atoms with Crippen LogP contribution in [0, 0.1) is 0 Å². The van der Waals surface area contributed by atoms with Crippen molar-refractivity contribution in [3.05, 3.63) is 12.2 Å². The summed E-state index contributed by atoms with van der Waals surface area (Å²) in [6.07, 6.45) is 6.65. The van der Waals surface area contributed by atoms with Crippen LogP contribution in [0.1, 0.15) is 12.8 Å². The summed E-state index contributed by atoms with van der Waals surface area (Å²) in [6.45, 7) is 0.116. The minimum Gasteiger partial charge on any atom is -0.146 e. The molecule has 0 amide bonds. The Bertz CT molecular complexity index is 126. The van der Waals surface area contributed by atoms with Gasteiger partial charge in [-0.2, -0.15) is 0 Å². The van der Waals surface area contributed by atoms with Crippen molar-refractivity contribution in [1.29, 1.82) is 0 Å². The van der Waals surface area contributed by atoms with Crippen LogP contribution in [0.25, 0.3) is 0 Å². The van der Waals surface area contributed by atoms with Crippen molar-refractivity contribution < 1.29 is 0 Å². The SMILES string of the molecule is C[Si](Cl)(Cl)[C@H]1C=CCC1. The zero-order chi connectivity index (χ0) is 6.91. The fraction of sp³-hybridized carbons (Fsp3) is 0.667. The van der Waals surface area contributed by atoms with E-state index in [0.717, 1.165) is 12.8 Å². The molecule has 0 aromatic heterocycles. The Labute approximate surface area is 66.3 Å².